The van der Waals surface area contributed by atoms with Crippen molar-refractivity contribution in [3.63, 3.8) is 0 Å². The van der Waals surface area contributed by atoms with Crippen molar-refractivity contribution in [3.05, 3.63) is 64.4 Å². The van der Waals surface area contributed by atoms with E-state index in [0.29, 0.717) is 0 Å². The van der Waals surface area contributed by atoms with Gasteiger partial charge in [-0.25, -0.2) is 4.39 Å². The Labute approximate surface area is 123 Å². The molecule has 2 nitrogen and oxygen atoms in total. The van der Waals surface area contributed by atoms with Gasteiger partial charge in [0.15, 0.2) is 0 Å². The maximum Gasteiger partial charge on any atom is 0.573 e. The molecule has 0 aliphatic carbocycles. The van der Waals surface area contributed by atoms with E-state index in [0.717, 1.165) is 12.1 Å². The first-order valence-electron chi connectivity index (χ1n) is 5.83. The second-order valence-electron chi connectivity index (χ2n) is 4.23. The first kappa shape index (κ1) is 15.6. The lowest BCUT2D eigenvalue weighted by molar-refractivity contribution is -0.274. The van der Waals surface area contributed by atoms with E-state index >= 15 is 0 Å². The summed E-state index contributed by atoms with van der Waals surface area (Å²) in [5, 5.41) is 0.102. The quantitative estimate of drug-likeness (QED) is 0.850. The van der Waals surface area contributed by atoms with Crippen molar-refractivity contribution in [2.24, 2.45) is 5.73 Å². The summed E-state index contributed by atoms with van der Waals surface area (Å²) >= 11 is 5.89. The van der Waals surface area contributed by atoms with Crippen LogP contribution in [0, 0.1) is 5.82 Å². The third-order valence-electron chi connectivity index (χ3n) is 2.76. The molecule has 0 aromatic heterocycles. The van der Waals surface area contributed by atoms with Gasteiger partial charge in [-0.15, -0.1) is 13.2 Å². The van der Waals surface area contributed by atoms with Crippen LogP contribution in [0.15, 0.2) is 42.5 Å². The Balaban J connectivity index is 2.36. The van der Waals surface area contributed by atoms with Gasteiger partial charge in [-0.3, -0.25) is 0 Å². The predicted octanol–water partition coefficient (Wildman–Crippen LogP) is 4.43. The van der Waals surface area contributed by atoms with Crippen LogP contribution < -0.4 is 10.5 Å². The maximum atomic E-state index is 13.8. The van der Waals surface area contributed by atoms with Crippen LogP contribution >= 0.6 is 11.6 Å². The molecule has 0 aliphatic heterocycles. The molecular weight excluding hydrogens is 310 g/mol. The van der Waals surface area contributed by atoms with Gasteiger partial charge in [0.1, 0.15) is 11.6 Å². The van der Waals surface area contributed by atoms with Crippen LogP contribution in [0.3, 0.4) is 0 Å². The van der Waals surface area contributed by atoms with E-state index in [-0.39, 0.29) is 16.1 Å². The van der Waals surface area contributed by atoms with E-state index in [2.05, 4.69) is 4.74 Å². The average molecular weight is 320 g/mol. The van der Waals surface area contributed by atoms with Crippen LogP contribution in [0.25, 0.3) is 0 Å². The van der Waals surface area contributed by atoms with E-state index in [1.807, 2.05) is 0 Å². The predicted molar refractivity (Wildman–Crippen MR) is 70.6 cm³/mol. The van der Waals surface area contributed by atoms with Crippen LogP contribution in [-0.2, 0) is 0 Å². The third-order valence-corrected chi connectivity index (χ3v) is 3.09. The van der Waals surface area contributed by atoms with Gasteiger partial charge in [-0.05, 0) is 29.8 Å². The first-order chi connectivity index (χ1) is 9.78. The summed E-state index contributed by atoms with van der Waals surface area (Å²) in [6.07, 6.45) is -4.81. The molecule has 0 bridgehead atoms. The third kappa shape index (κ3) is 3.86. The molecule has 2 rings (SSSR count). The number of benzene rings is 2. The SMILES string of the molecule is NC(c1cccc(OC(F)(F)F)c1)c1c(F)cccc1Cl. The lowest BCUT2D eigenvalue weighted by Gasteiger charge is -2.16. The molecule has 2 aromatic rings. The molecule has 0 aliphatic rings. The summed E-state index contributed by atoms with van der Waals surface area (Å²) in [6, 6.07) is 8.08. The van der Waals surface area contributed by atoms with Gasteiger partial charge in [0, 0.05) is 10.6 Å². The number of hydrogen-bond donors (Lipinski definition) is 1. The van der Waals surface area contributed by atoms with Gasteiger partial charge >= 0.3 is 6.36 Å². The fraction of sp³-hybridized carbons (Fsp3) is 0.143. The molecule has 112 valence electrons. The van der Waals surface area contributed by atoms with E-state index in [1.54, 1.807) is 0 Å². The summed E-state index contributed by atoms with van der Waals surface area (Å²) in [4.78, 5) is 0. The van der Waals surface area contributed by atoms with Gasteiger partial charge in [0.05, 0.1) is 6.04 Å². The van der Waals surface area contributed by atoms with Crippen LogP contribution in [0.2, 0.25) is 5.02 Å². The van der Waals surface area contributed by atoms with Crippen molar-refractivity contribution in [1.82, 2.24) is 0 Å². The maximum absolute atomic E-state index is 13.8. The topological polar surface area (TPSA) is 35.2 Å². The number of ether oxygens (including phenoxy) is 1. The highest BCUT2D eigenvalue weighted by atomic mass is 35.5. The van der Waals surface area contributed by atoms with Crippen LogP contribution in [0.5, 0.6) is 5.75 Å². The van der Waals surface area contributed by atoms with Gasteiger partial charge in [-0.2, -0.15) is 0 Å². The van der Waals surface area contributed by atoms with Gasteiger partial charge < -0.3 is 10.5 Å². The Kier molecular flexibility index (Phi) is 4.39. The molecule has 0 fully saturated rings. The van der Waals surface area contributed by atoms with Gasteiger partial charge in [0.2, 0.25) is 0 Å². The summed E-state index contributed by atoms with van der Waals surface area (Å²) in [7, 11) is 0. The minimum absolute atomic E-state index is 0.0170. The molecule has 0 heterocycles. The van der Waals surface area contributed by atoms with E-state index in [4.69, 9.17) is 17.3 Å². The Morgan fingerprint density at radius 3 is 2.38 bits per heavy atom. The zero-order chi connectivity index (χ0) is 15.6. The van der Waals surface area contributed by atoms with Crippen molar-refractivity contribution in [2.45, 2.75) is 12.4 Å². The molecule has 7 heteroatoms. The molecule has 0 saturated carbocycles. The zero-order valence-corrected chi connectivity index (χ0v) is 11.3. The molecule has 2 N–H and O–H groups in total. The highest BCUT2D eigenvalue weighted by molar-refractivity contribution is 6.31. The number of hydrogen-bond acceptors (Lipinski definition) is 2. The second-order valence-corrected chi connectivity index (χ2v) is 4.64. The van der Waals surface area contributed by atoms with Crippen LogP contribution in [0.4, 0.5) is 17.6 Å². The Morgan fingerprint density at radius 2 is 1.76 bits per heavy atom. The van der Waals surface area contributed by atoms with Crippen molar-refractivity contribution >= 4 is 11.6 Å². The minimum Gasteiger partial charge on any atom is -0.406 e. The molecule has 1 atom stereocenters. The summed E-state index contributed by atoms with van der Waals surface area (Å²) < 4.78 is 54.2. The normalized spacial score (nSPS) is 13.0. The summed E-state index contributed by atoms with van der Waals surface area (Å²) in [5.41, 5.74) is 6.16. The highest BCUT2D eigenvalue weighted by Gasteiger charge is 2.31. The van der Waals surface area contributed by atoms with Gasteiger partial charge in [0.25, 0.3) is 0 Å². The molecule has 0 saturated heterocycles. The Morgan fingerprint density at radius 1 is 1.10 bits per heavy atom. The lowest BCUT2D eigenvalue weighted by Crippen LogP contribution is -2.18. The molecule has 0 radical (unpaired) electrons. The number of alkyl halides is 3. The number of rotatable bonds is 3. The van der Waals surface area contributed by atoms with Gasteiger partial charge in [-0.1, -0.05) is 29.8 Å². The van der Waals surface area contributed by atoms with Crippen molar-refractivity contribution in [2.75, 3.05) is 0 Å². The van der Waals surface area contributed by atoms with E-state index < -0.39 is 24.0 Å². The molecule has 2 aromatic carbocycles. The molecule has 1 unspecified atom stereocenters. The van der Waals surface area contributed by atoms with Crippen LogP contribution in [-0.4, -0.2) is 6.36 Å². The fourth-order valence-electron chi connectivity index (χ4n) is 1.88. The van der Waals surface area contributed by atoms with Crippen molar-refractivity contribution in [3.8, 4) is 5.75 Å². The highest BCUT2D eigenvalue weighted by Crippen LogP contribution is 2.31. The smallest absolute Gasteiger partial charge is 0.406 e. The fourth-order valence-corrected chi connectivity index (χ4v) is 2.16. The van der Waals surface area contributed by atoms with Crippen molar-refractivity contribution < 1.29 is 22.3 Å². The Bertz CT molecular complexity index is 625. The molecule has 0 spiro atoms. The summed E-state index contributed by atoms with van der Waals surface area (Å²) in [5.74, 6) is -1.06. The monoisotopic (exact) mass is 319 g/mol. The second kappa shape index (κ2) is 5.91. The molecule has 0 amide bonds. The zero-order valence-electron chi connectivity index (χ0n) is 10.5. The molecule has 21 heavy (non-hydrogen) atoms. The minimum atomic E-state index is -4.81. The average Bonchev–Trinajstić information content (AvgIpc) is 2.36. The molecular formula is C14H10ClF4NO. The van der Waals surface area contributed by atoms with Crippen LogP contribution in [0.1, 0.15) is 17.2 Å². The Hall–Kier alpha value is -1.79. The number of nitrogens with two attached hydrogens (primary N) is 1. The number of halogens is 5. The summed E-state index contributed by atoms with van der Waals surface area (Å²) in [6.45, 7) is 0. The van der Waals surface area contributed by atoms with E-state index in [1.165, 1.54) is 30.3 Å². The first-order valence-corrected chi connectivity index (χ1v) is 6.21. The largest absolute Gasteiger partial charge is 0.573 e. The standard InChI is InChI=1S/C14H10ClF4NO/c15-10-5-2-6-11(16)12(10)13(20)8-3-1-4-9(7-8)21-14(17,18)19/h1-7,13H,20H2. The lowest BCUT2D eigenvalue weighted by atomic mass is 9.99. The van der Waals surface area contributed by atoms with Crippen molar-refractivity contribution in [1.29, 1.82) is 0 Å². The van der Waals surface area contributed by atoms with E-state index in [9.17, 15) is 17.6 Å².